The molecule has 0 bridgehead atoms. The Morgan fingerprint density at radius 2 is 1.96 bits per heavy atom. The Hall–Kier alpha value is -0.850. The summed E-state index contributed by atoms with van der Waals surface area (Å²) in [5, 5.41) is 3.53. The van der Waals surface area contributed by atoms with E-state index in [9.17, 15) is 4.79 Å². The first-order chi connectivity index (χ1) is 10.8. The number of rotatable bonds is 5. The van der Waals surface area contributed by atoms with E-state index in [4.69, 9.17) is 14.2 Å². The number of likely N-dealkylation sites (tertiary alicyclic amines) is 1. The Morgan fingerprint density at radius 1 is 1.30 bits per heavy atom. The normalized spacial score (nSPS) is 23.9. The molecule has 1 atom stereocenters. The highest BCUT2D eigenvalue weighted by Crippen LogP contribution is 2.45. The van der Waals surface area contributed by atoms with Gasteiger partial charge in [-0.15, -0.1) is 0 Å². The van der Waals surface area contributed by atoms with Gasteiger partial charge in [-0.05, 0) is 52.9 Å². The van der Waals surface area contributed by atoms with Crippen molar-refractivity contribution in [2.24, 2.45) is 0 Å². The van der Waals surface area contributed by atoms with Crippen LogP contribution in [0.3, 0.4) is 0 Å². The van der Waals surface area contributed by atoms with Gasteiger partial charge in [-0.3, -0.25) is 0 Å². The average molecular weight is 328 g/mol. The van der Waals surface area contributed by atoms with Crippen molar-refractivity contribution in [1.29, 1.82) is 0 Å². The molecule has 0 aromatic carbocycles. The molecule has 23 heavy (non-hydrogen) atoms. The lowest BCUT2D eigenvalue weighted by atomic mass is 9.69. The van der Waals surface area contributed by atoms with Crippen LogP contribution in [0.5, 0.6) is 0 Å². The number of amides is 1. The maximum absolute atomic E-state index is 12.5. The molecule has 1 unspecified atom stereocenters. The second-order valence-electron chi connectivity index (χ2n) is 7.71. The molecule has 0 aromatic heterocycles. The van der Waals surface area contributed by atoms with Gasteiger partial charge in [-0.1, -0.05) is 0 Å². The van der Waals surface area contributed by atoms with E-state index in [1.807, 2.05) is 25.7 Å². The van der Waals surface area contributed by atoms with Crippen molar-refractivity contribution >= 4 is 6.09 Å². The lowest BCUT2D eigenvalue weighted by molar-refractivity contribution is -0.103. The largest absolute Gasteiger partial charge is 0.444 e. The molecule has 1 spiro atoms. The molecule has 1 amide bonds. The van der Waals surface area contributed by atoms with Gasteiger partial charge in [-0.25, -0.2) is 4.79 Å². The summed E-state index contributed by atoms with van der Waals surface area (Å²) >= 11 is 0. The van der Waals surface area contributed by atoms with Crippen LogP contribution in [-0.4, -0.2) is 61.8 Å². The maximum Gasteiger partial charge on any atom is 0.410 e. The molecule has 2 aliphatic rings. The van der Waals surface area contributed by atoms with Crippen LogP contribution in [0.4, 0.5) is 4.79 Å². The number of nitrogens with zero attached hydrogens (tertiary/aromatic N) is 1. The third-order valence-corrected chi connectivity index (χ3v) is 4.90. The Labute approximate surface area is 139 Å². The van der Waals surface area contributed by atoms with Gasteiger partial charge in [0.1, 0.15) is 5.60 Å². The molecule has 1 saturated carbocycles. The van der Waals surface area contributed by atoms with Crippen LogP contribution in [0.25, 0.3) is 0 Å². The average Bonchev–Trinajstić information content (AvgIpc) is 2.44. The first-order valence-electron chi connectivity index (χ1n) is 8.59. The summed E-state index contributed by atoms with van der Waals surface area (Å²) in [6, 6.07) is 0.391. The van der Waals surface area contributed by atoms with Crippen LogP contribution in [0, 0.1) is 0 Å². The Kier molecular flexibility index (Phi) is 5.92. The van der Waals surface area contributed by atoms with Gasteiger partial charge in [0.2, 0.25) is 0 Å². The molecule has 134 valence electrons. The van der Waals surface area contributed by atoms with Crippen molar-refractivity contribution in [3.05, 3.63) is 0 Å². The van der Waals surface area contributed by atoms with E-state index in [1.54, 1.807) is 14.2 Å². The third-order valence-electron chi connectivity index (χ3n) is 4.90. The van der Waals surface area contributed by atoms with Crippen molar-refractivity contribution in [3.8, 4) is 0 Å². The molecule has 0 aromatic rings. The zero-order valence-corrected chi connectivity index (χ0v) is 15.2. The van der Waals surface area contributed by atoms with E-state index in [0.717, 1.165) is 32.2 Å². The van der Waals surface area contributed by atoms with Gasteiger partial charge in [0.25, 0.3) is 0 Å². The second-order valence-corrected chi connectivity index (χ2v) is 7.71. The lowest BCUT2D eigenvalue weighted by Gasteiger charge is -2.55. The lowest BCUT2D eigenvalue weighted by Crippen LogP contribution is -2.63. The van der Waals surface area contributed by atoms with E-state index in [1.165, 1.54) is 6.42 Å². The smallest absolute Gasteiger partial charge is 0.410 e. The maximum atomic E-state index is 12.5. The predicted molar refractivity (Wildman–Crippen MR) is 88.4 cm³/mol. The number of carbonyl (C=O) groups excluding carboxylic acids is 1. The zero-order chi connectivity index (χ0) is 17.1. The SMILES string of the molecule is COC(CNC1CCN(C(=O)OC(C)(C)C)C2(CCC2)C1)OC. The van der Waals surface area contributed by atoms with Crippen LogP contribution in [-0.2, 0) is 14.2 Å². The number of hydrogen-bond donors (Lipinski definition) is 1. The fraction of sp³-hybridized carbons (Fsp3) is 0.941. The molecular formula is C17H32N2O4. The molecule has 0 radical (unpaired) electrons. The van der Waals surface area contributed by atoms with Gasteiger partial charge >= 0.3 is 6.09 Å². The molecule has 1 aliphatic heterocycles. The number of hydrogen-bond acceptors (Lipinski definition) is 5. The molecule has 6 heteroatoms. The minimum Gasteiger partial charge on any atom is -0.444 e. The van der Waals surface area contributed by atoms with Gasteiger partial charge in [-0.2, -0.15) is 0 Å². The fourth-order valence-electron chi connectivity index (χ4n) is 3.55. The van der Waals surface area contributed by atoms with E-state index in [0.29, 0.717) is 12.6 Å². The van der Waals surface area contributed by atoms with Crippen LogP contribution in [0.2, 0.25) is 0 Å². The van der Waals surface area contributed by atoms with Crippen LogP contribution >= 0.6 is 0 Å². The van der Waals surface area contributed by atoms with Gasteiger partial charge < -0.3 is 24.4 Å². The number of methoxy groups -OCH3 is 2. The van der Waals surface area contributed by atoms with Crippen molar-refractivity contribution in [2.45, 2.75) is 76.3 Å². The zero-order valence-electron chi connectivity index (χ0n) is 15.2. The second kappa shape index (κ2) is 7.36. The minimum atomic E-state index is -0.443. The van der Waals surface area contributed by atoms with E-state index < -0.39 is 5.60 Å². The number of nitrogens with one attached hydrogen (secondary N) is 1. The van der Waals surface area contributed by atoms with Crippen LogP contribution < -0.4 is 5.32 Å². The number of carbonyl (C=O) groups is 1. The predicted octanol–water partition coefficient (Wildman–Crippen LogP) is 2.52. The molecule has 1 N–H and O–H groups in total. The topological polar surface area (TPSA) is 60.0 Å². The quantitative estimate of drug-likeness (QED) is 0.786. The standard InChI is InChI=1S/C17H32N2O4/c1-16(2,3)23-15(20)19-10-7-13(11-17(19)8-6-9-17)18-12-14(21-4)22-5/h13-14,18H,6-12H2,1-5H3. The summed E-state index contributed by atoms with van der Waals surface area (Å²) in [7, 11) is 3.29. The highest BCUT2D eigenvalue weighted by molar-refractivity contribution is 5.69. The molecule has 1 aliphatic carbocycles. The third kappa shape index (κ3) is 4.58. The fourth-order valence-corrected chi connectivity index (χ4v) is 3.55. The summed E-state index contributed by atoms with van der Waals surface area (Å²) in [6.45, 7) is 7.17. The molecule has 1 saturated heterocycles. The van der Waals surface area contributed by atoms with Crippen molar-refractivity contribution < 1.29 is 19.0 Å². The van der Waals surface area contributed by atoms with Crippen LogP contribution in [0.1, 0.15) is 52.9 Å². The Balaban J connectivity index is 1.93. The van der Waals surface area contributed by atoms with Crippen molar-refractivity contribution in [3.63, 3.8) is 0 Å². The van der Waals surface area contributed by atoms with Gasteiger partial charge in [0, 0.05) is 38.9 Å². The summed E-state index contributed by atoms with van der Waals surface area (Å²) in [6.07, 6.45) is 4.85. The van der Waals surface area contributed by atoms with E-state index >= 15 is 0 Å². The number of piperidine rings is 1. The van der Waals surface area contributed by atoms with E-state index in [2.05, 4.69) is 5.32 Å². The Morgan fingerprint density at radius 3 is 2.43 bits per heavy atom. The number of ether oxygens (including phenoxy) is 3. The van der Waals surface area contributed by atoms with E-state index in [-0.39, 0.29) is 17.9 Å². The summed E-state index contributed by atoms with van der Waals surface area (Å²) in [4.78, 5) is 14.5. The minimum absolute atomic E-state index is 0.0200. The van der Waals surface area contributed by atoms with Crippen molar-refractivity contribution in [2.75, 3.05) is 27.3 Å². The first-order valence-corrected chi connectivity index (χ1v) is 8.59. The molecule has 2 fully saturated rings. The highest BCUT2D eigenvalue weighted by Gasteiger charge is 2.49. The first kappa shape index (κ1) is 18.5. The molecule has 6 nitrogen and oxygen atoms in total. The molecule has 2 rings (SSSR count). The summed E-state index contributed by atoms with van der Waals surface area (Å²) in [5.41, 5.74) is -0.463. The molecular weight excluding hydrogens is 296 g/mol. The van der Waals surface area contributed by atoms with Crippen LogP contribution in [0.15, 0.2) is 0 Å². The molecule has 1 heterocycles. The van der Waals surface area contributed by atoms with Crippen molar-refractivity contribution in [1.82, 2.24) is 10.2 Å². The summed E-state index contributed by atoms with van der Waals surface area (Å²) in [5.74, 6) is 0. The monoisotopic (exact) mass is 328 g/mol. The van der Waals surface area contributed by atoms with Gasteiger partial charge in [0.05, 0.1) is 0 Å². The van der Waals surface area contributed by atoms with Gasteiger partial charge in [0.15, 0.2) is 6.29 Å². The summed E-state index contributed by atoms with van der Waals surface area (Å²) < 4.78 is 16.1. The Bertz CT molecular complexity index is 400. The highest BCUT2D eigenvalue weighted by atomic mass is 16.7.